The average Bonchev–Trinajstić information content (AvgIpc) is 3.67. The number of ketones is 1. The van der Waals surface area contributed by atoms with Gasteiger partial charge in [-0.3, -0.25) is 14.2 Å². The van der Waals surface area contributed by atoms with Crippen LogP contribution in [0.25, 0.3) is 28.7 Å². The normalized spacial score (nSPS) is 15.3. The van der Waals surface area contributed by atoms with E-state index in [9.17, 15) is 9.59 Å². The highest BCUT2D eigenvalue weighted by Crippen LogP contribution is 2.35. The number of rotatable bonds is 5. The van der Waals surface area contributed by atoms with Crippen LogP contribution in [0.1, 0.15) is 31.4 Å². The van der Waals surface area contributed by atoms with Crippen LogP contribution in [0.2, 0.25) is 20.1 Å². The molecule has 0 unspecified atom stereocenters. The molecule has 41 heavy (non-hydrogen) atoms. The Kier molecular flexibility index (Phi) is 7.34. The molecule has 2 aromatic carbocycles. The van der Waals surface area contributed by atoms with Crippen molar-refractivity contribution in [3.63, 3.8) is 0 Å². The number of Topliss-reactive ketones (excluding diaryl/α,β-unsaturated/α-hetero) is 1. The van der Waals surface area contributed by atoms with Crippen LogP contribution < -0.4 is 14.9 Å². The second-order valence-corrected chi connectivity index (χ2v) is 11.9. The molecular formula is C30H18Cl4N2O4S. The summed E-state index contributed by atoms with van der Waals surface area (Å²) in [6.45, 7) is 3.20. The third-order valence-electron chi connectivity index (χ3n) is 6.61. The Morgan fingerprint density at radius 1 is 0.878 bits per heavy atom. The fraction of sp³-hybridized carbons (Fsp3) is 0.100. The highest BCUT2D eigenvalue weighted by atomic mass is 35.5. The number of thiazole rings is 1. The molecular weight excluding hydrogens is 626 g/mol. The lowest BCUT2D eigenvalue weighted by Gasteiger charge is -2.22. The zero-order valence-corrected chi connectivity index (χ0v) is 25.2. The first-order valence-corrected chi connectivity index (χ1v) is 14.6. The van der Waals surface area contributed by atoms with Crippen LogP contribution in [0.15, 0.2) is 90.6 Å². The van der Waals surface area contributed by atoms with Crippen molar-refractivity contribution >= 4 is 69.6 Å². The van der Waals surface area contributed by atoms with Crippen molar-refractivity contribution in [2.75, 3.05) is 0 Å². The predicted molar refractivity (Wildman–Crippen MR) is 163 cm³/mol. The van der Waals surface area contributed by atoms with Crippen molar-refractivity contribution in [2.45, 2.75) is 19.9 Å². The Hall–Kier alpha value is -3.33. The monoisotopic (exact) mass is 642 g/mol. The summed E-state index contributed by atoms with van der Waals surface area (Å²) in [5.74, 6) is 1.76. The molecule has 3 aromatic heterocycles. The van der Waals surface area contributed by atoms with Crippen LogP contribution >= 0.6 is 57.7 Å². The van der Waals surface area contributed by atoms with Gasteiger partial charge in [0.2, 0.25) is 0 Å². The number of nitrogens with zero attached hydrogens (tertiary/aromatic N) is 2. The molecule has 6 rings (SSSR count). The third-order valence-corrected chi connectivity index (χ3v) is 9.07. The highest BCUT2D eigenvalue weighted by molar-refractivity contribution is 7.07. The van der Waals surface area contributed by atoms with E-state index in [1.807, 2.05) is 0 Å². The molecule has 0 N–H and O–H groups in total. The summed E-state index contributed by atoms with van der Waals surface area (Å²) in [4.78, 5) is 31.6. The summed E-state index contributed by atoms with van der Waals surface area (Å²) in [6, 6.07) is 16.6. The van der Waals surface area contributed by atoms with E-state index in [0.29, 0.717) is 69.3 Å². The van der Waals surface area contributed by atoms with Crippen LogP contribution in [0.4, 0.5) is 0 Å². The van der Waals surface area contributed by atoms with E-state index in [-0.39, 0.29) is 11.3 Å². The number of hydrogen-bond donors (Lipinski definition) is 0. The molecule has 11 heteroatoms. The Bertz CT molecular complexity index is 2080. The SMILES string of the molecule is CC(=O)C1=C(C)N=c2s/c(=C/c3ccc(-c4ccc(Cl)c(Cl)c4)o3)c(=O)n2[C@@H]1c1ccc(-c2ccc(Cl)c(Cl)c2)o1. The summed E-state index contributed by atoms with van der Waals surface area (Å²) >= 11 is 25.7. The predicted octanol–water partition coefficient (Wildman–Crippen LogP) is 7.96. The molecule has 0 bridgehead atoms. The van der Waals surface area contributed by atoms with Gasteiger partial charge in [0.15, 0.2) is 10.6 Å². The van der Waals surface area contributed by atoms with Crippen LogP contribution in [-0.2, 0) is 4.79 Å². The fourth-order valence-corrected chi connectivity index (χ4v) is 6.33. The van der Waals surface area contributed by atoms with Gasteiger partial charge in [0.05, 0.1) is 24.6 Å². The van der Waals surface area contributed by atoms with E-state index in [1.165, 1.54) is 22.8 Å². The van der Waals surface area contributed by atoms with E-state index in [2.05, 4.69) is 4.99 Å². The lowest BCUT2D eigenvalue weighted by molar-refractivity contribution is -0.114. The van der Waals surface area contributed by atoms with Crippen LogP contribution in [-0.4, -0.2) is 10.4 Å². The van der Waals surface area contributed by atoms with Crippen molar-refractivity contribution < 1.29 is 13.6 Å². The van der Waals surface area contributed by atoms with Crippen molar-refractivity contribution in [2.24, 2.45) is 4.99 Å². The zero-order chi connectivity index (χ0) is 29.0. The summed E-state index contributed by atoms with van der Waals surface area (Å²) in [7, 11) is 0. The Labute approximate surface area is 257 Å². The maximum absolute atomic E-state index is 13.8. The topological polar surface area (TPSA) is 77.7 Å². The number of halogens is 4. The molecule has 0 aliphatic carbocycles. The summed E-state index contributed by atoms with van der Waals surface area (Å²) in [5.41, 5.74) is 2.02. The standard InChI is InChI=1S/C30H18Cl4N2O4S/c1-14-27(15(2)37)28(25-10-9-24(40-25)17-4-7-20(32)22(34)12-17)36-29(38)26(41-30(36)35-14)13-18-5-8-23(39-18)16-3-6-19(31)21(33)11-16/h3-13,28H,1-2H3/b26-13+/t28-/m1/s1. The van der Waals surface area contributed by atoms with Gasteiger partial charge in [0.1, 0.15) is 29.1 Å². The zero-order valence-electron chi connectivity index (χ0n) is 21.4. The second kappa shape index (κ2) is 10.8. The van der Waals surface area contributed by atoms with E-state index >= 15 is 0 Å². The maximum atomic E-state index is 13.8. The number of allylic oxidation sites excluding steroid dienone is 2. The van der Waals surface area contributed by atoms with Gasteiger partial charge in [-0.1, -0.05) is 57.7 Å². The molecule has 1 atom stereocenters. The van der Waals surface area contributed by atoms with E-state index in [0.717, 1.165) is 5.56 Å². The number of fused-ring (bicyclic) bond motifs is 1. The number of benzene rings is 2. The molecule has 0 saturated carbocycles. The molecule has 0 amide bonds. The van der Waals surface area contributed by atoms with Crippen LogP contribution in [0.5, 0.6) is 0 Å². The van der Waals surface area contributed by atoms with E-state index < -0.39 is 6.04 Å². The number of furan rings is 2. The number of carbonyl (C=O) groups excluding carboxylic acids is 1. The van der Waals surface area contributed by atoms with E-state index in [1.54, 1.807) is 73.7 Å². The average molecular weight is 644 g/mol. The first-order valence-electron chi connectivity index (χ1n) is 12.2. The number of carbonyl (C=O) groups is 1. The van der Waals surface area contributed by atoms with Gasteiger partial charge in [0, 0.05) is 28.5 Å². The minimum absolute atomic E-state index is 0.213. The second-order valence-electron chi connectivity index (χ2n) is 9.30. The Morgan fingerprint density at radius 3 is 2.10 bits per heavy atom. The summed E-state index contributed by atoms with van der Waals surface area (Å²) < 4.78 is 14.1. The molecule has 5 aromatic rings. The molecule has 4 heterocycles. The van der Waals surface area contributed by atoms with Crippen molar-refractivity contribution in [1.82, 2.24) is 4.57 Å². The molecule has 0 fully saturated rings. The van der Waals surface area contributed by atoms with Crippen LogP contribution in [0.3, 0.4) is 0 Å². The molecule has 1 aliphatic rings. The first-order chi connectivity index (χ1) is 19.6. The highest BCUT2D eigenvalue weighted by Gasteiger charge is 2.33. The maximum Gasteiger partial charge on any atom is 0.271 e. The summed E-state index contributed by atoms with van der Waals surface area (Å²) in [6.07, 6.45) is 1.65. The van der Waals surface area contributed by atoms with Crippen LogP contribution in [0, 0.1) is 0 Å². The molecule has 0 radical (unpaired) electrons. The molecule has 206 valence electrons. The minimum Gasteiger partial charge on any atom is -0.458 e. The van der Waals surface area contributed by atoms with Gasteiger partial charge in [-0.25, -0.2) is 4.99 Å². The number of aromatic nitrogens is 1. The molecule has 0 saturated heterocycles. The Balaban J connectivity index is 1.44. The van der Waals surface area contributed by atoms with Gasteiger partial charge < -0.3 is 8.83 Å². The molecule has 6 nitrogen and oxygen atoms in total. The first kappa shape index (κ1) is 27.8. The quantitative estimate of drug-likeness (QED) is 0.195. The Morgan fingerprint density at radius 2 is 1.49 bits per heavy atom. The minimum atomic E-state index is -0.800. The van der Waals surface area contributed by atoms with Gasteiger partial charge in [-0.2, -0.15) is 0 Å². The van der Waals surface area contributed by atoms with Gasteiger partial charge >= 0.3 is 0 Å². The van der Waals surface area contributed by atoms with Crippen molar-refractivity contribution in [3.05, 3.63) is 123 Å². The lowest BCUT2D eigenvalue weighted by Crippen LogP contribution is -2.39. The summed E-state index contributed by atoms with van der Waals surface area (Å²) in [5, 5.41) is 1.66. The van der Waals surface area contributed by atoms with Gasteiger partial charge in [0.25, 0.3) is 5.56 Å². The number of hydrogen-bond acceptors (Lipinski definition) is 6. The third kappa shape index (κ3) is 5.13. The van der Waals surface area contributed by atoms with E-state index in [4.69, 9.17) is 55.2 Å². The van der Waals surface area contributed by atoms with Crippen molar-refractivity contribution in [3.8, 4) is 22.6 Å². The van der Waals surface area contributed by atoms with Gasteiger partial charge in [-0.15, -0.1) is 0 Å². The lowest BCUT2D eigenvalue weighted by atomic mass is 9.98. The van der Waals surface area contributed by atoms with Gasteiger partial charge in [-0.05, 0) is 74.5 Å². The van der Waals surface area contributed by atoms with Crippen molar-refractivity contribution in [1.29, 1.82) is 0 Å². The fourth-order valence-electron chi connectivity index (χ4n) is 4.71. The molecule has 1 aliphatic heterocycles. The molecule has 0 spiro atoms. The largest absolute Gasteiger partial charge is 0.458 e. The smallest absolute Gasteiger partial charge is 0.271 e.